The number of aryl methyl sites for hydroxylation is 1. The van der Waals surface area contributed by atoms with Crippen LogP contribution in [0.5, 0.6) is 0 Å². The van der Waals surface area contributed by atoms with E-state index >= 15 is 0 Å². The van der Waals surface area contributed by atoms with E-state index in [9.17, 15) is 24.5 Å². The second-order valence-electron chi connectivity index (χ2n) is 5.37. The van der Waals surface area contributed by atoms with Crippen LogP contribution in [-0.2, 0) is 4.74 Å². The van der Waals surface area contributed by atoms with Gasteiger partial charge in [-0.3, -0.25) is 4.57 Å². The number of nitrogen functional groups attached to an aromatic ring is 1. The molecule has 8 nitrogen and oxygen atoms in total. The Morgan fingerprint density at radius 3 is 2.83 bits per heavy atom. The number of nitrogens with two attached hydrogens (primary N) is 1. The zero-order valence-corrected chi connectivity index (χ0v) is 12.6. The van der Waals surface area contributed by atoms with Gasteiger partial charge in [0.1, 0.15) is 24.7 Å². The minimum absolute atomic E-state index is 0.0206. The summed E-state index contributed by atoms with van der Waals surface area (Å²) in [6.45, 7) is 1.80. The van der Waals surface area contributed by atoms with Crippen LogP contribution in [0.1, 0.15) is 18.8 Å². The van der Waals surface area contributed by atoms with Crippen molar-refractivity contribution in [3.05, 3.63) is 22.2 Å². The molecule has 1 aromatic heterocycles. The fraction of sp³-hybridized carbons (Fsp3) is 0.571. The minimum Gasteiger partial charge on any atom is -0.391 e. The van der Waals surface area contributed by atoms with Crippen LogP contribution < -0.4 is 11.4 Å². The third kappa shape index (κ3) is 2.94. The average molecular weight is 327 g/mol. The predicted molar refractivity (Wildman–Crippen MR) is 77.9 cm³/mol. The van der Waals surface area contributed by atoms with Crippen LogP contribution in [0.15, 0.2) is 10.9 Å². The van der Waals surface area contributed by atoms with Gasteiger partial charge in [-0.1, -0.05) is 11.8 Å². The topological polar surface area (TPSA) is 131 Å². The van der Waals surface area contributed by atoms with Crippen molar-refractivity contribution in [2.75, 3.05) is 12.4 Å². The van der Waals surface area contributed by atoms with Crippen molar-refractivity contribution in [2.45, 2.75) is 44.0 Å². The summed E-state index contributed by atoms with van der Waals surface area (Å²) in [5.41, 5.74) is 2.66. The molecule has 0 amide bonds. The van der Waals surface area contributed by atoms with E-state index in [4.69, 9.17) is 10.5 Å². The molecule has 9 heteroatoms. The molecular weight excluding hydrogens is 309 g/mol. The number of halogens is 1. The highest BCUT2D eigenvalue weighted by molar-refractivity contribution is 5.30. The van der Waals surface area contributed by atoms with Crippen molar-refractivity contribution in [3.8, 4) is 11.8 Å². The number of alkyl halides is 1. The first-order chi connectivity index (χ1) is 10.7. The lowest BCUT2D eigenvalue weighted by atomic mass is 9.92. The molecule has 126 valence electrons. The maximum Gasteiger partial charge on any atom is 0.351 e. The van der Waals surface area contributed by atoms with Gasteiger partial charge in [0, 0.05) is 5.69 Å². The number of rotatable bonds is 2. The molecule has 1 aromatic rings. The molecule has 23 heavy (non-hydrogen) atoms. The van der Waals surface area contributed by atoms with Crippen molar-refractivity contribution >= 4 is 5.82 Å². The summed E-state index contributed by atoms with van der Waals surface area (Å²) in [6, 6.07) is 1.37. The largest absolute Gasteiger partial charge is 0.391 e. The van der Waals surface area contributed by atoms with Gasteiger partial charge in [-0.25, -0.2) is 9.18 Å². The molecule has 2 unspecified atom stereocenters. The molecule has 0 bridgehead atoms. The Bertz CT molecular complexity index is 711. The quantitative estimate of drug-likeness (QED) is 0.485. The summed E-state index contributed by atoms with van der Waals surface area (Å²) >= 11 is 0. The molecular formula is C14H18FN3O5. The lowest BCUT2D eigenvalue weighted by molar-refractivity contribution is -0.0891. The number of aromatic nitrogens is 2. The normalized spacial score (nSPS) is 31.5. The summed E-state index contributed by atoms with van der Waals surface area (Å²) in [5.74, 6) is 4.19. The van der Waals surface area contributed by atoms with E-state index in [1.54, 1.807) is 0 Å². The third-order valence-electron chi connectivity index (χ3n) is 3.66. The highest BCUT2D eigenvalue weighted by atomic mass is 19.1. The van der Waals surface area contributed by atoms with Crippen LogP contribution >= 0.6 is 0 Å². The Labute approximate surface area is 131 Å². The van der Waals surface area contributed by atoms with Crippen LogP contribution in [0.2, 0.25) is 0 Å². The number of nitrogens with zero attached hydrogens (tertiary/aromatic N) is 2. The van der Waals surface area contributed by atoms with E-state index in [0.29, 0.717) is 5.69 Å². The Morgan fingerprint density at radius 1 is 1.65 bits per heavy atom. The molecule has 0 radical (unpaired) electrons. The van der Waals surface area contributed by atoms with Crippen LogP contribution in [0.4, 0.5) is 10.2 Å². The zero-order chi connectivity index (χ0) is 17.4. The van der Waals surface area contributed by atoms with E-state index in [1.807, 2.05) is 5.92 Å². The van der Waals surface area contributed by atoms with E-state index in [-0.39, 0.29) is 5.82 Å². The molecule has 0 saturated carbocycles. The number of ether oxygens (including phenoxy) is 1. The molecule has 1 fully saturated rings. The molecule has 0 aliphatic carbocycles. The lowest BCUT2D eigenvalue weighted by Gasteiger charge is -2.27. The SMILES string of the molecule is Cc1cc(N)nc(=O)n1[C@@H]1OC([C@H](C)O)C(O)[C@]1(O)C#CCF. The van der Waals surface area contributed by atoms with E-state index in [1.165, 1.54) is 19.9 Å². The van der Waals surface area contributed by atoms with Gasteiger partial charge in [-0.05, 0) is 19.9 Å². The highest BCUT2D eigenvalue weighted by Gasteiger charge is 2.57. The van der Waals surface area contributed by atoms with Crippen LogP contribution in [0.3, 0.4) is 0 Å². The van der Waals surface area contributed by atoms with Crippen molar-refractivity contribution in [1.82, 2.24) is 9.55 Å². The summed E-state index contributed by atoms with van der Waals surface area (Å²) in [4.78, 5) is 15.7. The van der Waals surface area contributed by atoms with Gasteiger partial charge in [-0.15, -0.1) is 0 Å². The van der Waals surface area contributed by atoms with Gasteiger partial charge in [0.15, 0.2) is 11.8 Å². The van der Waals surface area contributed by atoms with Crippen LogP contribution in [0, 0.1) is 18.8 Å². The van der Waals surface area contributed by atoms with Gasteiger partial charge in [-0.2, -0.15) is 4.98 Å². The fourth-order valence-electron chi connectivity index (χ4n) is 2.59. The van der Waals surface area contributed by atoms with Gasteiger partial charge in [0.05, 0.1) is 6.10 Å². The number of aliphatic hydroxyl groups excluding tert-OH is 2. The summed E-state index contributed by atoms with van der Waals surface area (Å²) < 4.78 is 18.8. The van der Waals surface area contributed by atoms with Crippen LogP contribution in [-0.4, -0.2) is 55.5 Å². The number of anilines is 1. The first-order valence-corrected chi connectivity index (χ1v) is 6.88. The highest BCUT2D eigenvalue weighted by Crippen LogP contribution is 2.39. The molecule has 1 saturated heterocycles. The lowest BCUT2D eigenvalue weighted by Crippen LogP contribution is -2.49. The third-order valence-corrected chi connectivity index (χ3v) is 3.66. The Morgan fingerprint density at radius 2 is 2.30 bits per heavy atom. The Hall–Kier alpha value is -1.99. The molecule has 0 spiro atoms. The molecule has 2 heterocycles. The number of hydrogen-bond donors (Lipinski definition) is 4. The Balaban J connectivity index is 2.61. The first-order valence-electron chi connectivity index (χ1n) is 6.88. The minimum atomic E-state index is -2.29. The molecule has 2 rings (SSSR count). The average Bonchev–Trinajstić information content (AvgIpc) is 2.70. The molecule has 5 atom stereocenters. The van der Waals surface area contributed by atoms with Gasteiger partial charge < -0.3 is 25.8 Å². The molecule has 0 aromatic carbocycles. The van der Waals surface area contributed by atoms with Crippen molar-refractivity contribution in [1.29, 1.82) is 0 Å². The smallest absolute Gasteiger partial charge is 0.351 e. The zero-order valence-electron chi connectivity index (χ0n) is 12.6. The number of aliphatic hydroxyl groups is 3. The summed E-state index contributed by atoms with van der Waals surface area (Å²) in [5, 5.41) is 30.6. The Kier molecular flexibility index (Phi) is 4.72. The molecule has 5 N–H and O–H groups in total. The fourth-order valence-corrected chi connectivity index (χ4v) is 2.59. The van der Waals surface area contributed by atoms with Crippen LogP contribution in [0.25, 0.3) is 0 Å². The van der Waals surface area contributed by atoms with Crippen molar-refractivity contribution in [2.24, 2.45) is 0 Å². The molecule has 1 aliphatic rings. The van der Waals surface area contributed by atoms with Crippen molar-refractivity contribution in [3.63, 3.8) is 0 Å². The second kappa shape index (κ2) is 6.25. The summed E-state index contributed by atoms with van der Waals surface area (Å²) in [6.07, 6.45) is -5.51. The monoisotopic (exact) mass is 327 g/mol. The van der Waals surface area contributed by atoms with Gasteiger partial charge >= 0.3 is 5.69 Å². The van der Waals surface area contributed by atoms with E-state index in [0.717, 1.165) is 4.57 Å². The van der Waals surface area contributed by atoms with Gasteiger partial charge in [0.25, 0.3) is 0 Å². The number of hydrogen-bond acceptors (Lipinski definition) is 7. The maximum absolute atomic E-state index is 12.4. The van der Waals surface area contributed by atoms with E-state index < -0.39 is 42.5 Å². The second-order valence-corrected chi connectivity index (χ2v) is 5.37. The predicted octanol–water partition coefficient (Wildman–Crippen LogP) is -1.52. The van der Waals surface area contributed by atoms with Gasteiger partial charge in [0.2, 0.25) is 0 Å². The standard InChI is InChI=1S/C14H18FN3O5/c1-7-6-9(16)17-13(21)18(7)12-14(22,4-3-5-15)11(20)10(23-12)8(2)19/h6,8,10-12,19-20,22H,5H2,1-2H3,(H2,16,17,21)/t8-,10?,11?,12+,14+/m0/s1. The summed E-state index contributed by atoms with van der Waals surface area (Å²) in [7, 11) is 0. The first kappa shape index (κ1) is 17.4. The van der Waals surface area contributed by atoms with E-state index in [2.05, 4.69) is 10.9 Å². The molecule has 1 aliphatic heterocycles. The maximum atomic E-state index is 12.4. The van der Waals surface area contributed by atoms with Crippen molar-refractivity contribution < 1.29 is 24.4 Å².